The molecule has 2 N–H and O–H groups in total. The van der Waals surface area contributed by atoms with Crippen LogP contribution in [-0.4, -0.2) is 47.9 Å². The van der Waals surface area contributed by atoms with Crippen molar-refractivity contribution in [2.24, 2.45) is 0 Å². The van der Waals surface area contributed by atoms with Gasteiger partial charge in [0.1, 0.15) is 6.61 Å². The van der Waals surface area contributed by atoms with Crippen LogP contribution in [-0.2, 0) is 4.74 Å². The van der Waals surface area contributed by atoms with Crippen molar-refractivity contribution in [3.8, 4) is 6.01 Å². The van der Waals surface area contributed by atoms with Gasteiger partial charge in [0, 0.05) is 19.7 Å². The third kappa shape index (κ3) is 5.34. The summed E-state index contributed by atoms with van der Waals surface area (Å²) in [6.45, 7) is 5.77. The van der Waals surface area contributed by atoms with Gasteiger partial charge in [0.25, 0.3) is 0 Å². The Kier molecular flexibility index (Phi) is 6.46. The number of hydrogen-bond acceptors (Lipinski definition) is 7. The van der Waals surface area contributed by atoms with Gasteiger partial charge in [-0.2, -0.15) is 15.0 Å². The molecule has 0 radical (unpaired) electrons. The molecule has 0 spiro atoms. The van der Waals surface area contributed by atoms with E-state index in [1.807, 2.05) is 0 Å². The second-order valence-corrected chi connectivity index (χ2v) is 5.14. The lowest BCUT2D eigenvalue weighted by molar-refractivity contribution is 0.0947. The van der Waals surface area contributed by atoms with E-state index in [1.54, 1.807) is 0 Å². The van der Waals surface area contributed by atoms with Gasteiger partial charge in [-0.1, -0.05) is 13.3 Å². The molecule has 118 valence electrons. The molecule has 1 fully saturated rings. The van der Waals surface area contributed by atoms with Crippen LogP contribution < -0.4 is 15.4 Å². The van der Waals surface area contributed by atoms with Gasteiger partial charge in [-0.25, -0.2) is 0 Å². The zero-order valence-electron chi connectivity index (χ0n) is 12.8. The van der Waals surface area contributed by atoms with Gasteiger partial charge in [0.15, 0.2) is 0 Å². The van der Waals surface area contributed by atoms with E-state index in [1.165, 1.54) is 6.42 Å². The third-order valence-corrected chi connectivity index (χ3v) is 3.36. The second kappa shape index (κ2) is 8.61. The van der Waals surface area contributed by atoms with Crippen molar-refractivity contribution in [2.45, 2.75) is 39.0 Å². The summed E-state index contributed by atoms with van der Waals surface area (Å²) in [5.74, 6) is 0.816. The number of rotatable bonds is 8. The Labute approximate surface area is 125 Å². The van der Waals surface area contributed by atoms with Crippen molar-refractivity contribution in [1.29, 1.82) is 0 Å². The largest absolute Gasteiger partial charge is 0.461 e. The lowest BCUT2D eigenvalue weighted by Crippen LogP contribution is -2.31. The molecule has 7 nitrogen and oxygen atoms in total. The number of aromatic nitrogens is 3. The highest BCUT2D eigenvalue weighted by atomic mass is 16.5. The minimum atomic E-state index is 0.201. The molecule has 1 aliphatic rings. The Morgan fingerprint density at radius 1 is 1.05 bits per heavy atom. The Balaban J connectivity index is 1.83. The standard InChI is InChI=1S/C14H25N5O2/c1-2-3-9-20-10-11-21-14-17-12(15)16-13(18-14)19-7-5-4-6-8-19/h2-11H2,1H3,(H2,15,16,17,18). The molecule has 0 saturated carbocycles. The average molecular weight is 295 g/mol. The van der Waals surface area contributed by atoms with Crippen LogP contribution in [0.4, 0.5) is 11.9 Å². The second-order valence-electron chi connectivity index (χ2n) is 5.14. The zero-order chi connectivity index (χ0) is 14.9. The van der Waals surface area contributed by atoms with E-state index in [4.69, 9.17) is 15.2 Å². The zero-order valence-corrected chi connectivity index (χ0v) is 12.8. The van der Waals surface area contributed by atoms with Crippen LogP contribution in [0, 0.1) is 0 Å². The minimum Gasteiger partial charge on any atom is -0.461 e. The first-order chi connectivity index (χ1) is 10.3. The van der Waals surface area contributed by atoms with Gasteiger partial charge in [-0.05, 0) is 25.7 Å². The number of nitrogen functional groups attached to an aromatic ring is 1. The highest BCUT2D eigenvalue weighted by molar-refractivity contribution is 5.36. The molecule has 0 aromatic carbocycles. The maximum Gasteiger partial charge on any atom is 0.323 e. The average Bonchev–Trinajstić information content (AvgIpc) is 2.51. The molecule has 1 aromatic rings. The normalized spacial score (nSPS) is 15.2. The molecule has 0 unspecified atom stereocenters. The molecule has 0 bridgehead atoms. The fourth-order valence-corrected chi connectivity index (χ4v) is 2.20. The molecule has 1 saturated heterocycles. The summed E-state index contributed by atoms with van der Waals surface area (Å²) >= 11 is 0. The first kappa shape index (κ1) is 15.8. The van der Waals surface area contributed by atoms with Crippen LogP contribution in [0.5, 0.6) is 6.01 Å². The fourth-order valence-electron chi connectivity index (χ4n) is 2.20. The van der Waals surface area contributed by atoms with Crippen molar-refractivity contribution in [3.63, 3.8) is 0 Å². The molecular formula is C14H25N5O2. The number of nitrogens with two attached hydrogens (primary N) is 1. The predicted molar refractivity (Wildman–Crippen MR) is 81.5 cm³/mol. The molecule has 0 atom stereocenters. The van der Waals surface area contributed by atoms with Gasteiger partial charge in [0.2, 0.25) is 11.9 Å². The molecule has 1 aliphatic heterocycles. The lowest BCUT2D eigenvalue weighted by atomic mass is 10.1. The minimum absolute atomic E-state index is 0.201. The maximum absolute atomic E-state index is 5.74. The van der Waals surface area contributed by atoms with Gasteiger partial charge in [-0.15, -0.1) is 0 Å². The van der Waals surface area contributed by atoms with Crippen LogP contribution in [0.15, 0.2) is 0 Å². The highest BCUT2D eigenvalue weighted by Gasteiger charge is 2.15. The summed E-state index contributed by atoms with van der Waals surface area (Å²) in [6.07, 6.45) is 5.78. The SMILES string of the molecule is CCCCOCCOc1nc(N)nc(N2CCCCC2)n1. The number of piperidine rings is 1. The van der Waals surface area contributed by atoms with E-state index in [0.29, 0.717) is 19.2 Å². The van der Waals surface area contributed by atoms with Crippen molar-refractivity contribution < 1.29 is 9.47 Å². The van der Waals surface area contributed by atoms with Gasteiger partial charge < -0.3 is 20.1 Å². The highest BCUT2D eigenvalue weighted by Crippen LogP contribution is 2.18. The fraction of sp³-hybridized carbons (Fsp3) is 0.786. The molecular weight excluding hydrogens is 270 g/mol. The van der Waals surface area contributed by atoms with E-state index in [-0.39, 0.29) is 12.0 Å². The molecule has 2 heterocycles. The monoisotopic (exact) mass is 295 g/mol. The topological polar surface area (TPSA) is 86.4 Å². The molecule has 7 heteroatoms. The summed E-state index contributed by atoms with van der Waals surface area (Å²) < 4.78 is 10.9. The number of unbranched alkanes of at least 4 members (excludes halogenated alkanes) is 1. The van der Waals surface area contributed by atoms with Crippen molar-refractivity contribution in [1.82, 2.24) is 15.0 Å². The smallest absolute Gasteiger partial charge is 0.323 e. The molecule has 21 heavy (non-hydrogen) atoms. The summed E-state index contributed by atoms with van der Waals surface area (Å²) in [5.41, 5.74) is 5.74. The Morgan fingerprint density at radius 2 is 1.86 bits per heavy atom. The Bertz CT molecular complexity index is 424. The molecule has 0 aliphatic carbocycles. The van der Waals surface area contributed by atoms with Crippen molar-refractivity contribution >= 4 is 11.9 Å². The number of nitrogens with zero attached hydrogens (tertiary/aromatic N) is 4. The quantitative estimate of drug-likeness (QED) is 0.729. The van der Waals surface area contributed by atoms with E-state index in [9.17, 15) is 0 Å². The number of anilines is 2. The predicted octanol–water partition coefficient (Wildman–Crippen LogP) is 1.64. The Morgan fingerprint density at radius 3 is 2.62 bits per heavy atom. The summed E-state index contributed by atoms with van der Waals surface area (Å²) in [4.78, 5) is 14.7. The number of ether oxygens (including phenoxy) is 2. The lowest BCUT2D eigenvalue weighted by Gasteiger charge is -2.26. The Hall–Kier alpha value is -1.63. The van der Waals surface area contributed by atoms with Crippen LogP contribution in [0.1, 0.15) is 39.0 Å². The molecule has 1 aromatic heterocycles. The molecule has 2 rings (SSSR count). The maximum atomic E-state index is 5.74. The van der Waals surface area contributed by atoms with Crippen LogP contribution >= 0.6 is 0 Å². The van der Waals surface area contributed by atoms with Crippen LogP contribution in [0.25, 0.3) is 0 Å². The first-order valence-electron chi connectivity index (χ1n) is 7.76. The third-order valence-electron chi connectivity index (χ3n) is 3.36. The van der Waals surface area contributed by atoms with E-state index in [0.717, 1.165) is 45.4 Å². The van der Waals surface area contributed by atoms with E-state index in [2.05, 4.69) is 26.8 Å². The van der Waals surface area contributed by atoms with E-state index < -0.39 is 0 Å². The first-order valence-corrected chi connectivity index (χ1v) is 7.76. The summed E-state index contributed by atoms with van der Waals surface area (Å²) in [6, 6.07) is 0.280. The number of hydrogen-bond donors (Lipinski definition) is 1. The van der Waals surface area contributed by atoms with Gasteiger partial charge in [0.05, 0.1) is 6.61 Å². The van der Waals surface area contributed by atoms with Crippen LogP contribution in [0.3, 0.4) is 0 Å². The summed E-state index contributed by atoms with van der Waals surface area (Å²) in [7, 11) is 0. The summed E-state index contributed by atoms with van der Waals surface area (Å²) in [5, 5.41) is 0. The van der Waals surface area contributed by atoms with Crippen LogP contribution in [0.2, 0.25) is 0 Å². The van der Waals surface area contributed by atoms with Crippen molar-refractivity contribution in [2.75, 3.05) is 43.5 Å². The van der Waals surface area contributed by atoms with Gasteiger partial charge >= 0.3 is 6.01 Å². The van der Waals surface area contributed by atoms with E-state index >= 15 is 0 Å². The molecule has 0 amide bonds. The van der Waals surface area contributed by atoms with Gasteiger partial charge in [-0.3, -0.25) is 0 Å². The van der Waals surface area contributed by atoms with Crippen molar-refractivity contribution in [3.05, 3.63) is 0 Å².